The van der Waals surface area contributed by atoms with Gasteiger partial charge in [-0.25, -0.2) is 0 Å². The summed E-state index contributed by atoms with van der Waals surface area (Å²) in [5, 5.41) is 41.4. The lowest BCUT2D eigenvalue weighted by Crippen LogP contribution is -2.27. The van der Waals surface area contributed by atoms with Gasteiger partial charge in [0.25, 0.3) is 0 Å². The zero-order valence-electron chi connectivity index (χ0n) is 16.7. The van der Waals surface area contributed by atoms with Gasteiger partial charge in [0.15, 0.2) is 11.5 Å². The highest BCUT2D eigenvalue weighted by atomic mass is 16.5. The van der Waals surface area contributed by atoms with Crippen molar-refractivity contribution in [2.24, 2.45) is 5.92 Å². The normalized spacial score (nSPS) is 21.8. The van der Waals surface area contributed by atoms with E-state index in [2.05, 4.69) is 0 Å². The lowest BCUT2D eigenvalue weighted by Gasteiger charge is -2.32. The van der Waals surface area contributed by atoms with E-state index in [9.17, 15) is 25.2 Å². The molecule has 0 bridgehead atoms. The van der Waals surface area contributed by atoms with E-state index in [1.165, 1.54) is 32.4 Å². The minimum Gasteiger partial charge on any atom is -0.507 e. The van der Waals surface area contributed by atoms with Crippen molar-refractivity contribution in [3.8, 4) is 23.0 Å². The average molecular weight is 416 g/mol. The molecule has 4 rings (SSSR count). The van der Waals surface area contributed by atoms with Crippen molar-refractivity contribution in [1.29, 1.82) is 0 Å². The molecule has 3 aromatic rings. The van der Waals surface area contributed by atoms with Crippen molar-refractivity contribution in [2.75, 3.05) is 20.8 Å². The minimum atomic E-state index is -0.667. The van der Waals surface area contributed by atoms with Crippen LogP contribution < -0.4 is 14.9 Å². The molecule has 1 saturated carbocycles. The van der Waals surface area contributed by atoms with Gasteiger partial charge in [0, 0.05) is 24.3 Å². The highest BCUT2D eigenvalue weighted by Crippen LogP contribution is 2.46. The predicted molar refractivity (Wildman–Crippen MR) is 110 cm³/mol. The maximum Gasteiger partial charge on any atom is 0.204 e. The minimum absolute atomic E-state index is 0.0357. The number of aliphatic hydroxyl groups is 2. The molecule has 1 heterocycles. The molecule has 0 saturated heterocycles. The monoisotopic (exact) mass is 416 g/mol. The Balaban J connectivity index is 1.96. The van der Waals surface area contributed by atoms with Gasteiger partial charge in [-0.05, 0) is 37.2 Å². The number of benzene rings is 2. The van der Waals surface area contributed by atoms with Crippen LogP contribution in [0.1, 0.15) is 30.7 Å². The summed E-state index contributed by atoms with van der Waals surface area (Å²) in [6, 6.07) is 4.30. The number of ether oxygens (including phenoxy) is 2. The van der Waals surface area contributed by atoms with Gasteiger partial charge in [-0.2, -0.15) is 0 Å². The molecular formula is C22H24O8. The number of phenols is 2. The van der Waals surface area contributed by atoms with Gasteiger partial charge >= 0.3 is 0 Å². The Morgan fingerprint density at radius 1 is 1.03 bits per heavy atom. The second-order valence-electron chi connectivity index (χ2n) is 7.77. The second kappa shape index (κ2) is 7.70. The summed E-state index contributed by atoms with van der Waals surface area (Å²) in [6.07, 6.45) is 0.577. The second-order valence-corrected chi connectivity index (χ2v) is 7.77. The number of hydrogen-bond acceptors (Lipinski definition) is 8. The molecule has 0 spiro atoms. The molecule has 30 heavy (non-hydrogen) atoms. The molecule has 8 nitrogen and oxygen atoms in total. The largest absolute Gasteiger partial charge is 0.507 e. The molecule has 2 aromatic carbocycles. The summed E-state index contributed by atoms with van der Waals surface area (Å²) in [5.74, 6) is -0.432. The smallest absolute Gasteiger partial charge is 0.204 e. The van der Waals surface area contributed by atoms with Gasteiger partial charge in [-0.1, -0.05) is 0 Å². The maximum atomic E-state index is 13.2. The molecule has 8 heteroatoms. The molecule has 3 atom stereocenters. The third-order valence-electron chi connectivity index (χ3n) is 5.91. The van der Waals surface area contributed by atoms with Crippen LogP contribution in [-0.4, -0.2) is 47.4 Å². The summed E-state index contributed by atoms with van der Waals surface area (Å²) in [6.45, 7) is -0.100. The number of aromatic hydroxyl groups is 2. The molecule has 1 aromatic heterocycles. The topological polar surface area (TPSA) is 130 Å². The van der Waals surface area contributed by atoms with Crippen LogP contribution in [0.3, 0.4) is 0 Å². The highest BCUT2D eigenvalue weighted by molar-refractivity contribution is 5.96. The van der Waals surface area contributed by atoms with Gasteiger partial charge in [-0.3, -0.25) is 4.79 Å². The highest BCUT2D eigenvalue weighted by Gasteiger charge is 2.33. The average Bonchev–Trinajstić information content (AvgIpc) is 2.72. The van der Waals surface area contributed by atoms with Gasteiger partial charge < -0.3 is 34.3 Å². The van der Waals surface area contributed by atoms with Crippen molar-refractivity contribution in [3.63, 3.8) is 0 Å². The van der Waals surface area contributed by atoms with E-state index >= 15 is 0 Å². The third-order valence-corrected chi connectivity index (χ3v) is 5.91. The summed E-state index contributed by atoms with van der Waals surface area (Å²) in [4.78, 5) is 13.2. The van der Waals surface area contributed by atoms with Crippen LogP contribution >= 0.6 is 0 Å². The van der Waals surface area contributed by atoms with Crippen LogP contribution in [0.15, 0.2) is 27.4 Å². The van der Waals surface area contributed by atoms with Crippen molar-refractivity contribution < 1.29 is 34.3 Å². The summed E-state index contributed by atoms with van der Waals surface area (Å²) in [7, 11) is 2.91. The zero-order chi connectivity index (χ0) is 21.6. The predicted octanol–water partition coefficient (Wildman–Crippen LogP) is 2.61. The number of methoxy groups -OCH3 is 2. The van der Waals surface area contributed by atoms with E-state index in [0.717, 1.165) is 0 Å². The summed E-state index contributed by atoms with van der Waals surface area (Å²) < 4.78 is 16.3. The standard InChI is InChI=1S/C22H24O8/c1-28-16-6-13-15(8-17(16)29-2)30-18-7-14(25)19(22(27)20(18)21(13)26)11-3-10(9-23)4-12(24)5-11/h6-8,10-12,23-25,27H,3-5,9H2,1-2H3. The first-order valence-corrected chi connectivity index (χ1v) is 9.74. The van der Waals surface area contributed by atoms with E-state index in [4.69, 9.17) is 13.9 Å². The molecule has 160 valence electrons. The molecule has 1 aliphatic carbocycles. The van der Waals surface area contributed by atoms with Crippen molar-refractivity contribution >= 4 is 21.9 Å². The fourth-order valence-corrected chi connectivity index (χ4v) is 4.51. The Labute approximate surface area is 171 Å². The van der Waals surface area contributed by atoms with Crippen LogP contribution in [-0.2, 0) is 0 Å². The number of hydrogen-bond donors (Lipinski definition) is 4. The van der Waals surface area contributed by atoms with Crippen LogP contribution in [0, 0.1) is 5.92 Å². The fourth-order valence-electron chi connectivity index (χ4n) is 4.51. The van der Waals surface area contributed by atoms with Crippen LogP contribution in [0.25, 0.3) is 21.9 Å². The lowest BCUT2D eigenvalue weighted by molar-refractivity contribution is 0.0642. The molecule has 0 radical (unpaired) electrons. The fraction of sp³-hybridized carbons (Fsp3) is 0.409. The molecule has 0 amide bonds. The zero-order valence-corrected chi connectivity index (χ0v) is 16.7. The number of fused-ring (bicyclic) bond motifs is 2. The Bertz CT molecular complexity index is 1170. The van der Waals surface area contributed by atoms with Gasteiger partial charge in [-0.15, -0.1) is 0 Å². The van der Waals surface area contributed by atoms with Crippen molar-refractivity contribution in [2.45, 2.75) is 31.3 Å². The Morgan fingerprint density at radius 3 is 2.40 bits per heavy atom. The molecule has 4 N–H and O–H groups in total. The van der Waals surface area contributed by atoms with Gasteiger partial charge in [0.1, 0.15) is 28.1 Å². The first kappa shape index (κ1) is 20.3. The third kappa shape index (κ3) is 3.22. The van der Waals surface area contributed by atoms with Crippen molar-refractivity contribution in [1.82, 2.24) is 0 Å². The quantitative estimate of drug-likeness (QED) is 0.478. The Morgan fingerprint density at radius 2 is 1.73 bits per heavy atom. The van der Waals surface area contributed by atoms with Gasteiger partial charge in [0.2, 0.25) is 5.43 Å². The summed E-state index contributed by atoms with van der Waals surface area (Å²) in [5.41, 5.74) is -0.0217. The van der Waals surface area contributed by atoms with E-state index in [0.29, 0.717) is 30.8 Å². The van der Waals surface area contributed by atoms with E-state index in [-0.39, 0.29) is 51.5 Å². The first-order chi connectivity index (χ1) is 14.4. The SMILES string of the molecule is COc1cc2oc3cc(O)c(C4CC(O)CC(CO)C4)c(O)c3c(=O)c2cc1OC. The molecular weight excluding hydrogens is 392 g/mol. The number of rotatable bonds is 4. The molecule has 1 aliphatic rings. The van der Waals surface area contributed by atoms with Crippen LogP contribution in [0.4, 0.5) is 0 Å². The molecule has 1 fully saturated rings. The molecule has 0 aliphatic heterocycles. The summed E-state index contributed by atoms with van der Waals surface area (Å²) >= 11 is 0. The maximum absolute atomic E-state index is 13.2. The van der Waals surface area contributed by atoms with Gasteiger partial charge in [0.05, 0.1) is 25.7 Å². The molecule has 3 unspecified atom stereocenters. The number of aliphatic hydroxyl groups excluding tert-OH is 2. The van der Waals surface area contributed by atoms with E-state index in [1.807, 2.05) is 0 Å². The van der Waals surface area contributed by atoms with Crippen LogP contribution in [0.5, 0.6) is 23.0 Å². The Hall–Kier alpha value is -2.97. The van der Waals surface area contributed by atoms with E-state index < -0.39 is 17.5 Å². The van der Waals surface area contributed by atoms with Crippen LogP contribution in [0.2, 0.25) is 0 Å². The Kier molecular flexibility index (Phi) is 5.21. The van der Waals surface area contributed by atoms with E-state index in [1.54, 1.807) is 0 Å². The number of phenolic OH excluding ortho intramolecular Hbond substituents is 2. The van der Waals surface area contributed by atoms with Crippen molar-refractivity contribution in [3.05, 3.63) is 34.0 Å². The first-order valence-electron chi connectivity index (χ1n) is 9.74. The lowest BCUT2D eigenvalue weighted by atomic mass is 9.76.